The molecular formula is C10H11F7I+. The van der Waals surface area contributed by atoms with E-state index in [4.69, 9.17) is 0 Å². The van der Waals surface area contributed by atoms with Gasteiger partial charge in [-0.25, -0.2) is 0 Å². The van der Waals surface area contributed by atoms with Crippen molar-refractivity contribution in [2.24, 2.45) is 0 Å². The quantitative estimate of drug-likeness (QED) is 0.242. The third-order valence-electron chi connectivity index (χ3n) is 2.27. The molecule has 0 spiro atoms. The van der Waals surface area contributed by atoms with E-state index in [2.05, 4.69) is 0 Å². The van der Waals surface area contributed by atoms with E-state index in [-0.39, 0.29) is 6.07 Å². The van der Waals surface area contributed by atoms with Gasteiger partial charge >= 0.3 is 99.9 Å². The van der Waals surface area contributed by atoms with E-state index >= 15 is 0 Å². The fourth-order valence-corrected chi connectivity index (χ4v) is 6.85. The molecule has 0 atom stereocenters. The number of rotatable bonds is 3. The topological polar surface area (TPSA) is 0 Å². The van der Waals surface area contributed by atoms with Gasteiger partial charge in [-0.15, -0.1) is 0 Å². The summed E-state index contributed by atoms with van der Waals surface area (Å²) in [6, 6.07) is 0.157. The number of hydrogen-bond donors (Lipinski definition) is 0. The molecule has 1 aromatic carbocycles. The molecule has 18 heavy (non-hydrogen) atoms. The van der Waals surface area contributed by atoms with Gasteiger partial charge in [-0.1, -0.05) is 0 Å². The molecule has 0 unspecified atom stereocenters. The first kappa shape index (κ1) is 15.5. The summed E-state index contributed by atoms with van der Waals surface area (Å²) in [4.78, 5) is 0. The first-order valence-electron chi connectivity index (χ1n) is 4.88. The molecule has 8 heteroatoms. The third kappa shape index (κ3) is 2.57. The van der Waals surface area contributed by atoms with Gasteiger partial charge in [0.15, 0.2) is 0 Å². The van der Waals surface area contributed by atoms with E-state index in [1.165, 1.54) is 0 Å². The molecule has 0 amide bonds. The summed E-state index contributed by atoms with van der Waals surface area (Å²) in [7, 11) is 0. The van der Waals surface area contributed by atoms with Crippen LogP contribution >= 0.6 is 0 Å². The Bertz CT molecular complexity index is 502. The van der Waals surface area contributed by atoms with E-state index in [1.807, 2.05) is 0 Å². The molecule has 0 aliphatic carbocycles. The molecule has 0 bridgehead atoms. The zero-order valence-corrected chi connectivity index (χ0v) is 11.7. The molecule has 0 aliphatic heterocycles. The number of benzene rings is 1. The third-order valence-corrected chi connectivity index (χ3v) is 8.90. The summed E-state index contributed by atoms with van der Waals surface area (Å²) >= 11 is -9.98. The Kier molecular flexibility index (Phi) is 3.22. The van der Waals surface area contributed by atoms with Gasteiger partial charge in [0, 0.05) is 0 Å². The maximum atomic E-state index is 13.6. The van der Waals surface area contributed by atoms with Crippen LogP contribution in [0.4, 0.5) is 24.6 Å². The van der Waals surface area contributed by atoms with Crippen molar-refractivity contribution < 1.29 is 42.6 Å². The Labute approximate surface area is 100 Å². The van der Waals surface area contributed by atoms with Gasteiger partial charge in [-0.3, -0.25) is 0 Å². The van der Waals surface area contributed by atoms with Crippen molar-refractivity contribution in [2.75, 3.05) is 4.43 Å². The molecule has 0 heterocycles. The summed E-state index contributed by atoms with van der Waals surface area (Å²) in [5.41, 5.74) is -0.644. The molecule has 0 N–H and O–H groups in total. The molecule has 1 rings (SSSR count). The van der Waals surface area contributed by atoms with E-state index in [9.17, 15) is 24.6 Å². The predicted molar refractivity (Wildman–Crippen MR) is 49.3 cm³/mol. The molecule has 0 aromatic heterocycles. The Morgan fingerprint density at radius 1 is 1.00 bits per heavy atom. The van der Waals surface area contributed by atoms with Crippen LogP contribution in [0.3, 0.4) is 0 Å². The molecule has 106 valence electrons. The van der Waals surface area contributed by atoms with Gasteiger partial charge in [-0.2, -0.15) is 0 Å². The number of aryl methyl sites for hydroxylation is 1. The van der Waals surface area contributed by atoms with E-state index in [0.717, 1.165) is 13.8 Å². The summed E-state index contributed by atoms with van der Waals surface area (Å²) in [6.45, 7) is 1.92. The summed E-state index contributed by atoms with van der Waals surface area (Å²) in [5, 5.41) is 0. The zero-order valence-electron chi connectivity index (χ0n) is 9.52. The first-order chi connectivity index (χ1) is 7.82. The number of hydrogen-bond acceptors (Lipinski definition) is 0. The molecule has 1 aromatic rings. The van der Waals surface area contributed by atoms with Gasteiger partial charge in [0.25, 0.3) is 0 Å². The Hall–Kier alpha value is -0.540. The van der Waals surface area contributed by atoms with Gasteiger partial charge in [0.2, 0.25) is 0 Å². The fourth-order valence-electron chi connectivity index (χ4n) is 1.55. The average molecular weight is 391 g/mol. The van der Waals surface area contributed by atoms with E-state index in [0.29, 0.717) is 0 Å². The molecule has 0 aliphatic rings. The summed E-state index contributed by atoms with van der Waals surface area (Å²) in [6.07, 6.45) is -0.670. The van der Waals surface area contributed by atoms with Crippen LogP contribution in [-0.2, 0) is 0 Å². The number of alkyl halides is 1. The maximum absolute atomic E-state index is 13.6. The second kappa shape index (κ2) is 3.73. The zero-order chi connectivity index (χ0) is 14.4. The second-order valence-electron chi connectivity index (χ2n) is 3.95. The minimum absolute atomic E-state index is 0.157. The summed E-state index contributed by atoms with van der Waals surface area (Å²) in [5.74, 6) is -6.46. The van der Waals surface area contributed by atoms with Crippen molar-refractivity contribution in [1.82, 2.24) is 0 Å². The molecule has 0 fully saturated rings. The van der Waals surface area contributed by atoms with Crippen molar-refractivity contribution in [3.8, 4) is 0 Å². The molecule has 0 saturated heterocycles. The van der Waals surface area contributed by atoms with Crippen LogP contribution in [0, 0.1) is 27.9 Å². The monoisotopic (exact) mass is 391 g/mol. The van der Waals surface area contributed by atoms with Crippen LogP contribution in [0.1, 0.15) is 18.9 Å². The van der Waals surface area contributed by atoms with Crippen LogP contribution in [0.25, 0.3) is 0 Å². The van der Waals surface area contributed by atoms with Gasteiger partial charge in [-0.05, 0) is 0 Å². The van der Waals surface area contributed by atoms with E-state index < -0.39 is 55.4 Å². The minimum atomic E-state index is -9.98. The molecule has 0 saturated carbocycles. The Morgan fingerprint density at radius 2 is 1.50 bits per heavy atom. The van der Waals surface area contributed by atoms with Gasteiger partial charge in [0.1, 0.15) is 0 Å². The van der Waals surface area contributed by atoms with Crippen molar-refractivity contribution in [2.45, 2.75) is 20.3 Å². The van der Waals surface area contributed by atoms with Gasteiger partial charge < -0.3 is 0 Å². The molecule has 0 radical (unpaired) electrons. The van der Waals surface area contributed by atoms with Crippen LogP contribution in [0.5, 0.6) is 0 Å². The van der Waals surface area contributed by atoms with E-state index in [1.54, 1.807) is 0 Å². The van der Waals surface area contributed by atoms with Crippen LogP contribution in [0.15, 0.2) is 6.07 Å². The second-order valence-corrected chi connectivity index (χ2v) is 12.7. The van der Waals surface area contributed by atoms with Crippen molar-refractivity contribution in [3.05, 3.63) is 32.7 Å². The summed E-state index contributed by atoms with van der Waals surface area (Å²) < 4.78 is 89.4. The normalized spacial score (nSPS) is 16.3. The molecule has 0 nitrogen and oxygen atoms in total. The fraction of sp³-hybridized carbons (Fsp3) is 0.400. The Balaban J connectivity index is 3.77. The molecular weight excluding hydrogens is 380 g/mol. The van der Waals surface area contributed by atoms with Crippen molar-refractivity contribution >= 4 is 0 Å². The van der Waals surface area contributed by atoms with Crippen LogP contribution in [-0.4, -0.2) is 4.43 Å². The SMILES string of the molecule is CCC[I+](F)(F)(F)(F)c1c(F)cc(C)c(F)c1F. The van der Waals surface area contributed by atoms with Crippen molar-refractivity contribution in [3.63, 3.8) is 0 Å². The standard InChI is InChI=1S/C10H11F7I/c1-3-4-18(14,15,16,17)10-7(11)5-6(2)8(12)9(10)13/h5H,3-4H2,1-2H3/q+1. The number of halogens is 8. The van der Waals surface area contributed by atoms with Crippen LogP contribution in [0.2, 0.25) is 0 Å². The first-order valence-corrected chi connectivity index (χ1v) is 10.7. The predicted octanol–water partition coefficient (Wildman–Crippen LogP) is 1.76. The average Bonchev–Trinajstić information content (AvgIpc) is 2.11. The Morgan fingerprint density at radius 3 is 1.94 bits per heavy atom. The van der Waals surface area contributed by atoms with Crippen molar-refractivity contribution in [1.29, 1.82) is 0 Å². The van der Waals surface area contributed by atoms with Crippen LogP contribution < -0.4 is 18.0 Å². The van der Waals surface area contributed by atoms with Gasteiger partial charge in [0.05, 0.1) is 0 Å².